The van der Waals surface area contributed by atoms with Gasteiger partial charge in [-0.25, -0.2) is 4.99 Å². The molecule has 3 aromatic rings. The molecule has 2 aromatic heterocycles. The summed E-state index contributed by atoms with van der Waals surface area (Å²) in [5.41, 5.74) is 4.63. The Morgan fingerprint density at radius 3 is 3.00 bits per heavy atom. The van der Waals surface area contributed by atoms with Gasteiger partial charge < -0.3 is 20.1 Å². The second-order valence-electron chi connectivity index (χ2n) is 5.67. The van der Waals surface area contributed by atoms with Crippen molar-refractivity contribution in [2.75, 3.05) is 13.1 Å². The molecule has 0 saturated carbocycles. The first kappa shape index (κ1) is 16.1. The Morgan fingerprint density at radius 2 is 2.21 bits per heavy atom. The van der Waals surface area contributed by atoms with Crippen LogP contribution in [0.5, 0.6) is 0 Å². The number of aliphatic imine (C=N–C) groups is 1. The van der Waals surface area contributed by atoms with E-state index in [9.17, 15) is 0 Å². The van der Waals surface area contributed by atoms with Crippen LogP contribution in [0.2, 0.25) is 0 Å². The van der Waals surface area contributed by atoms with Crippen LogP contribution in [0.25, 0.3) is 10.9 Å². The fourth-order valence-corrected chi connectivity index (χ4v) is 2.78. The number of benzene rings is 1. The third kappa shape index (κ3) is 3.76. The maximum atomic E-state index is 4.83. The quantitative estimate of drug-likeness (QED) is 0.481. The molecule has 1 aromatic carbocycles. The van der Waals surface area contributed by atoms with Crippen molar-refractivity contribution in [3.63, 3.8) is 0 Å². The molecular weight excluding hydrogens is 302 g/mol. The number of nitrogens with one attached hydrogen (secondary N) is 3. The van der Waals surface area contributed by atoms with E-state index in [4.69, 9.17) is 4.52 Å². The predicted octanol–water partition coefficient (Wildman–Crippen LogP) is 2.76. The molecule has 0 unspecified atom stereocenters. The van der Waals surface area contributed by atoms with E-state index in [1.165, 1.54) is 22.0 Å². The minimum absolute atomic E-state index is 0.498. The molecule has 0 saturated heterocycles. The zero-order valence-electron chi connectivity index (χ0n) is 14.1. The Hall–Kier alpha value is -2.76. The van der Waals surface area contributed by atoms with Gasteiger partial charge in [-0.1, -0.05) is 17.3 Å². The first-order valence-electron chi connectivity index (χ1n) is 8.25. The van der Waals surface area contributed by atoms with Gasteiger partial charge in [0, 0.05) is 36.3 Å². The second-order valence-corrected chi connectivity index (χ2v) is 5.67. The molecule has 0 atom stereocenters. The Balaban J connectivity index is 1.61. The van der Waals surface area contributed by atoms with E-state index in [0.717, 1.165) is 31.2 Å². The largest absolute Gasteiger partial charge is 0.364 e. The third-order valence-electron chi connectivity index (χ3n) is 3.92. The normalized spacial score (nSPS) is 11.8. The number of hydrogen-bond acceptors (Lipinski definition) is 3. The summed E-state index contributed by atoms with van der Waals surface area (Å²) in [5, 5.41) is 11.8. The summed E-state index contributed by atoms with van der Waals surface area (Å²) in [6.45, 7) is 6.33. The van der Waals surface area contributed by atoms with E-state index in [1.54, 1.807) is 6.26 Å². The van der Waals surface area contributed by atoms with Crippen molar-refractivity contribution in [2.45, 2.75) is 26.8 Å². The molecule has 0 fully saturated rings. The lowest BCUT2D eigenvalue weighted by molar-refractivity contribution is 0.412. The monoisotopic (exact) mass is 325 g/mol. The first-order valence-corrected chi connectivity index (χ1v) is 8.25. The number of rotatable bonds is 6. The smallest absolute Gasteiger partial charge is 0.191 e. The molecule has 0 aliphatic heterocycles. The third-order valence-corrected chi connectivity index (χ3v) is 3.92. The minimum atomic E-state index is 0.498. The van der Waals surface area contributed by atoms with Crippen LogP contribution in [-0.4, -0.2) is 29.2 Å². The molecule has 0 aliphatic carbocycles. The number of fused-ring (bicyclic) bond motifs is 1. The molecule has 3 N–H and O–H groups in total. The van der Waals surface area contributed by atoms with Gasteiger partial charge in [-0.15, -0.1) is 0 Å². The highest BCUT2D eigenvalue weighted by atomic mass is 16.5. The average molecular weight is 325 g/mol. The van der Waals surface area contributed by atoms with E-state index < -0.39 is 0 Å². The highest BCUT2D eigenvalue weighted by Gasteiger charge is 2.06. The molecule has 0 amide bonds. The van der Waals surface area contributed by atoms with Crippen molar-refractivity contribution in [3.05, 3.63) is 53.5 Å². The first-order chi connectivity index (χ1) is 11.8. The molecule has 126 valence electrons. The fraction of sp³-hybridized carbons (Fsp3) is 0.333. The van der Waals surface area contributed by atoms with Crippen molar-refractivity contribution in [2.24, 2.45) is 4.99 Å². The van der Waals surface area contributed by atoms with E-state index in [0.29, 0.717) is 6.54 Å². The van der Waals surface area contributed by atoms with Crippen molar-refractivity contribution in [3.8, 4) is 0 Å². The van der Waals surface area contributed by atoms with Crippen LogP contribution in [0.15, 0.2) is 46.2 Å². The molecule has 24 heavy (non-hydrogen) atoms. The average Bonchev–Trinajstić information content (AvgIpc) is 3.23. The summed E-state index contributed by atoms with van der Waals surface area (Å²) < 4.78 is 4.83. The standard InChI is InChI=1S/C18H23N5O/c1-3-19-18(22-12-15-8-10-24-23-15)20-9-7-14-11-21-16-6-4-5-13(2)17(14)16/h4-6,8,10-11,21H,3,7,9,12H2,1-2H3,(H2,19,20,22). The minimum Gasteiger partial charge on any atom is -0.364 e. The van der Waals surface area contributed by atoms with Crippen molar-refractivity contribution < 1.29 is 4.52 Å². The van der Waals surface area contributed by atoms with Gasteiger partial charge >= 0.3 is 0 Å². The molecule has 0 radical (unpaired) electrons. The summed E-state index contributed by atoms with van der Waals surface area (Å²) in [4.78, 5) is 7.86. The lowest BCUT2D eigenvalue weighted by Crippen LogP contribution is -2.38. The SMILES string of the molecule is CCNC(=NCc1ccon1)NCCc1c[nH]c2cccc(C)c12. The molecule has 0 aliphatic rings. The maximum absolute atomic E-state index is 4.83. The summed E-state index contributed by atoms with van der Waals surface area (Å²) in [6.07, 6.45) is 4.59. The second kappa shape index (κ2) is 7.68. The molecule has 6 heteroatoms. The molecule has 0 spiro atoms. The van der Waals surface area contributed by atoms with Crippen LogP contribution in [-0.2, 0) is 13.0 Å². The van der Waals surface area contributed by atoms with Gasteiger partial charge in [0.1, 0.15) is 12.0 Å². The highest BCUT2D eigenvalue weighted by molar-refractivity contribution is 5.86. The maximum Gasteiger partial charge on any atom is 0.191 e. The van der Waals surface area contributed by atoms with Gasteiger partial charge in [0.2, 0.25) is 0 Å². The van der Waals surface area contributed by atoms with Crippen molar-refractivity contribution in [1.29, 1.82) is 0 Å². The molecular formula is C18H23N5O. The van der Waals surface area contributed by atoms with Gasteiger partial charge in [0.25, 0.3) is 0 Å². The lowest BCUT2D eigenvalue weighted by atomic mass is 10.1. The van der Waals surface area contributed by atoms with E-state index in [1.807, 2.05) is 6.07 Å². The van der Waals surface area contributed by atoms with Gasteiger partial charge in [-0.3, -0.25) is 0 Å². The Kier molecular flexibility index (Phi) is 5.15. The summed E-state index contributed by atoms with van der Waals surface area (Å²) >= 11 is 0. The van der Waals surface area contributed by atoms with Gasteiger partial charge in [-0.2, -0.15) is 0 Å². The van der Waals surface area contributed by atoms with Crippen molar-refractivity contribution >= 4 is 16.9 Å². The Bertz CT molecular complexity index is 804. The zero-order chi connectivity index (χ0) is 16.8. The van der Waals surface area contributed by atoms with Gasteiger partial charge in [0.05, 0.1) is 6.54 Å². The number of aryl methyl sites for hydroxylation is 1. The van der Waals surface area contributed by atoms with Crippen LogP contribution in [0, 0.1) is 6.92 Å². The van der Waals surface area contributed by atoms with E-state index in [2.05, 4.69) is 64.0 Å². The topological polar surface area (TPSA) is 78.2 Å². The van der Waals surface area contributed by atoms with Gasteiger partial charge in [-0.05, 0) is 37.5 Å². The Morgan fingerprint density at radius 1 is 1.29 bits per heavy atom. The number of guanidine groups is 1. The summed E-state index contributed by atoms with van der Waals surface area (Å²) in [6, 6.07) is 8.16. The molecule has 2 heterocycles. The van der Waals surface area contributed by atoms with Crippen LogP contribution in [0.4, 0.5) is 0 Å². The molecule has 3 rings (SSSR count). The van der Waals surface area contributed by atoms with Crippen LogP contribution >= 0.6 is 0 Å². The molecule has 0 bridgehead atoms. The molecule has 6 nitrogen and oxygen atoms in total. The number of H-pyrrole nitrogens is 1. The Labute approximate surface area is 141 Å². The van der Waals surface area contributed by atoms with Crippen LogP contribution in [0.1, 0.15) is 23.7 Å². The van der Waals surface area contributed by atoms with Crippen molar-refractivity contribution in [1.82, 2.24) is 20.8 Å². The van der Waals surface area contributed by atoms with E-state index in [-0.39, 0.29) is 0 Å². The van der Waals surface area contributed by atoms with Crippen LogP contribution in [0.3, 0.4) is 0 Å². The highest BCUT2D eigenvalue weighted by Crippen LogP contribution is 2.22. The zero-order valence-corrected chi connectivity index (χ0v) is 14.1. The lowest BCUT2D eigenvalue weighted by Gasteiger charge is -2.11. The summed E-state index contributed by atoms with van der Waals surface area (Å²) in [5.74, 6) is 0.789. The number of aromatic nitrogens is 2. The number of hydrogen-bond donors (Lipinski definition) is 3. The van der Waals surface area contributed by atoms with Crippen LogP contribution < -0.4 is 10.6 Å². The van der Waals surface area contributed by atoms with Gasteiger partial charge in [0.15, 0.2) is 5.96 Å². The predicted molar refractivity (Wildman–Crippen MR) is 96.1 cm³/mol. The van der Waals surface area contributed by atoms with E-state index >= 15 is 0 Å². The number of nitrogens with zero attached hydrogens (tertiary/aromatic N) is 2. The number of aromatic amines is 1. The fourth-order valence-electron chi connectivity index (χ4n) is 2.78. The summed E-state index contributed by atoms with van der Waals surface area (Å²) in [7, 11) is 0.